The maximum Gasteiger partial charge on any atom is 0.159 e. The molecule has 5 nitrogen and oxygen atoms in total. The number of aliphatic imine (C=N–C) groups is 3. The fourth-order valence-electron chi connectivity index (χ4n) is 5.01. The van der Waals surface area contributed by atoms with Gasteiger partial charge in [0.25, 0.3) is 0 Å². The van der Waals surface area contributed by atoms with Gasteiger partial charge in [-0.05, 0) is 46.2 Å². The lowest BCUT2D eigenvalue weighted by molar-refractivity contribution is 0.674. The van der Waals surface area contributed by atoms with E-state index in [9.17, 15) is 0 Å². The minimum absolute atomic E-state index is 0.277. The normalized spacial score (nSPS) is 16.0. The van der Waals surface area contributed by atoms with Crippen LogP contribution in [0.2, 0.25) is 0 Å². The summed E-state index contributed by atoms with van der Waals surface area (Å²) in [6.07, 6.45) is 1.05. The summed E-state index contributed by atoms with van der Waals surface area (Å²) in [5, 5.41) is 5.87. The quantitative estimate of drug-likeness (QED) is 0.242. The molecule has 0 fully saturated rings. The summed E-state index contributed by atoms with van der Waals surface area (Å²) >= 11 is 0. The Kier molecular flexibility index (Phi) is 6.81. The average molecular weight is 508 g/mol. The first-order valence-electron chi connectivity index (χ1n) is 13.1. The van der Waals surface area contributed by atoms with Gasteiger partial charge < -0.3 is 11.1 Å². The average Bonchev–Trinajstić information content (AvgIpc) is 3.01. The van der Waals surface area contributed by atoms with E-state index in [0.717, 1.165) is 44.6 Å². The predicted octanol–water partition coefficient (Wildman–Crippen LogP) is 7.05. The maximum absolute atomic E-state index is 6.48. The molecule has 0 spiro atoms. The van der Waals surface area contributed by atoms with Gasteiger partial charge in [-0.2, -0.15) is 0 Å². The zero-order valence-corrected chi connectivity index (χ0v) is 21.7. The monoisotopic (exact) mass is 507 g/mol. The number of fused-ring (bicyclic) bond motifs is 1. The number of nitrogens with zero attached hydrogens (tertiary/aromatic N) is 3. The van der Waals surface area contributed by atoms with Gasteiger partial charge in [-0.25, -0.2) is 9.98 Å². The van der Waals surface area contributed by atoms with Crippen molar-refractivity contribution in [2.75, 3.05) is 0 Å². The standard InChI is InChI=1S/C34H29N5/c1-2-36-31(35)29-22-21-23-11-9-10-16-28(23)30(29)24-17-19-27(20-18-24)34-38-32(25-12-5-3-6-13-25)37-33(39-34)26-14-7-4-8-15-26/h2-22,31,34H,35H2,1H3,(H,37,38,39)/b36-2-. The van der Waals surface area contributed by atoms with Gasteiger partial charge in [0.1, 0.15) is 18.2 Å². The molecule has 5 aromatic carbocycles. The Morgan fingerprint density at radius 3 is 2.13 bits per heavy atom. The van der Waals surface area contributed by atoms with Crippen molar-refractivity contribution in [3.63, 3.8) is 0 Å². The molecule has 0 saturated carbocycles. The second kappa shape index (κ2) is 10.9. The molecule has 1 aliphatic rings. The Morgan fingerprint density at radius 1 is 0.744 bits per heavy atom. The molecule has 1 heterocycles. The van der Waals surface area contributed by atoms with Crippen LogP contribution in [0.3, 0.4) is 0 Å². The van der Waals surface area contributed by atoms with Gasteiger partial charge in [0.2, 0.25) is 0 Å². The van der Waals surface area contributed by atoms with Gasteiger partial charge in [-0.3, -0.25) is 4.99 Å². The molecule has 39 heavy (non-hydrogen) atoms. The summed E-state index contributed by atoms with van der Waals surface area (Å²) in [5.74, 6) is 1.51. The summed E-state index contributed by atoms with van der Waals surface area (Å²) in [5.41, 5.74) is 12.7. The predicted molar refractivity (Wildman–Crippen MR) is 162 cm³/mol. The van der Waals surface area contributed by atoms with Crippen LogP contribution in [-0.4, -0.2) is 17.9 Å². The molecule has 0 saturated heterocycles. The van der Waals surface area contributed by atoms with Gasteiger partial charge in [0, 0.05) is 11.1 Å². The van der Waals surface area contributed by atoms with E-state index in [2.05, 4.69) is 83.1 Å². The molecule has 2 unspecified atom stereocenters. The third kappa shape index (κ3) is 5.00. The molecule has 0 bridgehead atoms. The van der Waals surface area contributed by atoms with Crippen molar-refractivity contribution in [2.45, 2.75) is 19.3 Å². The number of rotatable bonds is 6. The van der Waals surface area contributed by atoms with Crippen LogP contribution >= 0.6 is 0 Å². The smallest absolute Gasteiger partial charge is 0.159 e. The van der Waals surface area contributed by atoms with Crippen LogP contribution in [-0.2, 0) is 0 Å². The Labute approximate surface area is 228 Å². The summed E-state index contributed by atoms with van der Waals surface area (Å²) in [6, 6.07) is 41.4. The topological polar surface area (TPSA) is 75.1 Å². The largest absolute Gasteiger partial charge is 0.344 e. The van der Waals surface area contributed by atoms with Crippen LogP contribution in [0.4, 0.5) is 0 Å². The minimum atomic E-state index is -0.433. The molecule has 5 aromatic rings. The van der Waals surface area contributed by atoms with Gasteiger partial charge in [-0.1, -0.05) is 121 Å². The van der Waals surface area contributed by atoms with E-state index >= 15 is 0 Å². The third-order valence-corrected chi connectivity index (χ3v) is 6.93. The van der Waals surface area contributed by atoms with E-state index in [4.69, 9.17) is 15.7 Å². The molecule has 6 rings (SSSR count). The van der Waals surface area contributed by atoms with Crippen molar-refractivity contribution in [3.05, 3.63) is 144 Å². The molecule has 0 radical (unpaired) electrons. The molecular formula is C34H29N5. The highest BCUT2D eigenvalue weighted by atomic mass is 15.2. The van der Waals surface area contributed by atoms with E-state index in [-0.39, 0.29) is 6.17 Å². The lowest BCUT2D eigenvalue weighted by Crippen LogP contribution is -2.33. The highest BCUT2D eigenvalue weighted by molar-refractivity contribution is 6.13. The van der Waals surface area contributed by atoms with E-state index in [0.29, 0.717) is 5.84 Å². The Balaban J connectivity index is 1.41. The second-order valence-corrected chi connectivity index (χ2v) is 9.42. The fourth-order valence-corrected chi connectivity index (χ4v) is 5.01. The van der Waals surface area contributed by atoms with E-state index < -0.39 is 6.17 Å². The molecular weight excluding hydrogens is 478 g/mol. The number of hydrogen-bond acceptors (Lipinski definition) is 5. The SMILES string of the molecule is C/C=N\C(N)c1ccc2ccccc2c1-c1ccc(C2N=C(c3ccccc3)N=C(c3ccccc3)N2)cc1. The highest BCUT2D eigenvalue weighted by Gasteiger charge is 2.21. The summed E-state index contributed by atoms with van der Waals surface area (Å²) in [4.78, 5) is 14.3. The lowest BCUT2D eigenvalue weighted by Gasteiger charge is -2.24. The van der Waals surface area contributed by atoms with Crippen LogP contribution in [0, 0.1) is 0 Å². The molecule has 0 aliphatic carbocycles. The first-order chi connectivity index (χ1) is 19.2. The van der Waals surface area contributed by atoms with E-state index in [1.165, 1.54) is 5.39 Å². The molecule has 0 aromatic heterocycles. The van der Waals surface area contributed by atoms with Crippen molar-refractivity contribution >= 4 is 28.7 Å². The van der Waals surface area contributed by atoms with Gasteiger partial charge >= 0.3 is 0 Å². The van der Waals surface area contributed by atoms with Crippen molar-refractivity contribution < 1.29 is 0 Å². The Bertz CT molecular complexity index is 1690. The minimum Gasteiger partial charge on any atom is -0.344 e. The summed E-state index contributed by atoms with van der Waals surface area (Å²) in [7, 11) is 0. The van der Waals surface area contributed by atoms with Crippen LogP contribution in [0.1, 0.15) is 41.5 Å². The molecule has 0 amide bonds. The first kappa shape index (κ1) is 24.5. The lowest BCUT2D eigenvalue weighted by atomic mass is 9.91. The Hall–Kier alpha value is -4.87. The van der Waals surface area contributed by atoms with Gasteiger partial charge in [0.15, 0.2) is 5.84 Å². The maximum atomic E-state index is 6.48. The number of amidine groups is 2. The molecule has 2 atom stereocenters. The molecule has 3 N–H and O–H groups in total. The van der Waals surface area contributed by atoms with E-state index in [1.807, 2.05) is 55.5 Å². The highest BCUT2D eigenvalue weighted by Crippen LogP contribution is 2.36. The number of nitrogens with one attached hydrogen (secondary N) is 1. The van der Waals surface area contributed by atoms with Crippen LogP contribution in [0.15, 0.2) is 136 Å². The zero-order valence-electron chi connectivity index (χ0n) is 21.7. The molecule has 190 valence electrons. The van der Waals surface area contributed by atoms with Gasteiger partial charge in [-0.15, -0.1) is 0 Å². The first-order valence-corrected chi connectivity index (χ1v) is 13.1. The van der Waals surface area contributed by atoms with Crippen molar-refractivity contribution in [1.29, 1.82) is 0 Å². The Morgan fingerprint density at radius 2 is 1.41 bits per heavy atom. The van der Waals surface area contributed by atoms with E-state index in [1.54, 1.807) is 6.21 Å². The fraction of sp³-hybridized carbons (Fsp3) is 0.0882. The summed E-state index contributed by atoms with van der Waals surface area (Å²) < 4.78 is 0. The van der Waals surface area contributed by atoms with Gasteiger partial charge in [0.05, 0.1) is 0 Å². The van der Waals surface area contributed by atoms with Crippen LogP contribution in [0.25, 0.3) is 21.9 Å². The van der Waals surface area contributed by atoms with Crippen LogP contribution < -0.4 is 11.1 Å². The number of hydrogen-bond donors (Lipinski definition) is 2. The number of nitrogens with two attached hydrogens (primary N) is 1. The van der Waals surface area contributed by atoms with Crippen molar-refractivity contribution in [2.24, 2.45) is 20.7 Å². The molecule has 5 heteroatoms. The van der Waals surface area contributed by atoms with Crippen molar-refractivity contribution in [3.8, 4) is 11.1 Å². The zero-order chi connectivity index (χ0) is 26.6. The van der Waals surface area contributed by atoms with Crippen LogP contribution in [0.5, 0.6) is 0 Å². The summed E-state index contributed by atoms with van der Waals surface area (Å²) in [6.45, 7) is 1.89. The molecule has 1 aliphatic heterocycles. The second-order valence-electron chi connectivity index (χ2n) is 9.42. The third-order valence-electron chi connectivity index (χ3n) is 6.93. The number of benzene rings is 5. The van der Waals surface area contributed by atoms with Crippen molar-refractivity contribution in [1.82, 2.24) is 5.32 Å².